The minimum Gasteiger partial charge on any atom is -0.456 e. The maximum absolute atomic E-state index is 6.85. The molecule has 0 atom stereocenters. The van der Waals surface area contributed by atoms with Gasteiger partial charge >= 0.3 is 0 Å². The maximum atomic E-state index is 6.85. The van der Waals surface area contributed by atoms with Crippen LogP contribution in [-0.4, -0.2) is 19.9 Å². The maximum Gasteiger partial charge on any atom is 0.147 e. The number of aryl methyl sites for hydroxylation is 6. The average Bonchev–Trinajstić information content (AvgIpc) is 1.22. The molecule has 24 aromatic rings. The zero-order valence-electron chi connectivity index (χ0n) is 72.4. The minimum atomic E-state index is 0.0781. The molecule has 18 aromatic carbocycles. The monoisotopic (exact) mass is 1620 g/mol. The summed E-state index contributed by atoms with van der Waals surface area (Å²) in [6, 6.07) is 109. The van der Waals surface area contributed by atoms with Gasteiger partial charge in [0.1, 0.15) is 44.7 Å². The fraction of sp³-hybridized carbons (Fsp3) is 0.119. The molecule has 0 amide bonds. The molecule has 6 aromatic heterocycles. The van der Waals surface area contributed by atoms with Crippen LogP contribution in [0.1, 0.15) is 86.1 Å². The van der Waals surface area contributed by atoms with Gasteiger partial charge in [0.15, 0.2) is 0 Å². The number of furan rings is 4. The summed E-state index contributed by atoms with van der Waals surface area (Å²) in [6.07, 6.45) is 3.89. The molecule has 0 saturated heterocycles. The summed E-state index contributed by atoms with van der Waals surface area (Å²) in [6.45, 7) is 26.7. The molecule has 0 spiro atoms. The van der Waals surface area contributed by atoms with Gasteiger partial charge in [0.05, 0.1) is 56.6 Å². The number of hydrogen-bond donors (Lipinski definition) is 0. The standard InChI is InChI=1S/C60H46N2O2.C58H42N2O2/c1-59(2,3)41-23-17-35(18-24-41)37-21-27-44-45-28-22-38(36-19-25-42(26-20-36)60(4,5)6)33-50(45)56-55(49(44)32-37)61-34-51(62-56)40-12-9-11-39(31-40)43-14-10-15-46-47-29-30-53-54(58(47)64-57(43)46)48-13-7-8-16-52(48)63-53;1-31-23-33(3)52(34(4)24-31)39-17-19-42-43-20-18-40(53-35(5)25-32(2)26-36(53)6)29-48(43)56-55(47(42)28-39)59-30-49(60-56)38-12-9-11-37(27-38)41-14-10-15-44-45-21-22-51-54(58(45)62-57(41)44)46-13-7-8-16-50(46)61-51/h7-34H,1-6H3;7-30H,1-6H3. The van der Waals surface area contributed by atoms with E-state index in [4.69, 9.17) is 37.6 Å². The number of para-hydroxylation sites is 4. The van der Waals surface area contributed by atoms with Crippen molar-refractivity contribution in [1.29, 1.82) is 0 Å². The largest absolute Gasteiger partial charge is 0.456 e. The number of rotatable bonds is 8. The van der Waals surface area contributed by atoms with Crippen molar-refractivity contribution in [2.24, 2.45) is 0 Å². The molecule has 604 valence electrons. The van der Waals surface area contributed by atoms with Crippen molar-refractivity contribution in [1.82, 2.24) is 19.9 Å². The third-order valence-corrected chi connectivity index (χ3v) is 26.3. The van der Waals surface area contributed by atoms with Crippen LogP contribution in [0.25, 0.3) is 242 Å². The Kier molecular flexibility index (Phi) is 17.3. The van der Waals surface area contributed by atoms with Gasteiger partial charge in [-0.15, -0.1) is 0 Å². The molecule has 0 aliphatic heterocycles. The van der Waals surface area contributed by atoms with Crippen LogP contribution in [0.3, 0.4) is 0 Å². The molecule has 8 nitrogen and oxygen atoms in total. The molecular weight excluding hydrogens is 1540 g/mol. The zero-order valence-corrected chi connectivity index (χ0v) is 72.4. The number of fused-ring (bicyclic) bond motifs is 26. The summed E-state index contributed by atoms with van der Waals surface area (Å²) in [4.78, 5) is 21.7. The van der Waals surface area contributed by atoms with E-state index in [-0.39, 0.29) is 10.8 Å². The Bertz CT molecular complexity index is 8690. The van der Waals surface area contributed by atoms with E-state index in [1.165, 1.54) is 88.7 Å². The van der Waals surface area contributed by atoms with Crippen molar-refractivity contribution in [2.75, 3.05) is 0 Å². The first-order valence-corrected chi connectivity index (χ1v) is 43.6. The molecule has 0 saturated carbocycles. The van der Waals surface area contributed by atoms with E-state index in [2.05, 4.69) is 350 Å². The average molecular weight is 1630 g/mol. The molecule has 0 radical (unpaired) electrons. The number of hydrogen-bond acceptors (Lipinski definition) is 8. The third-order valence-electron chi connectivity index (χ3n) is 26.3. The molecule has 0 bridgehead atoms. The fourth-order valence-electron chi connectivity index (χ4n) is 20.3. The highest BCUT2D eigenvalue weighted by Gasteiger charge is 2.26. The van der Waals surface area contributed by atoms with E-state index in [0.29, 0.717) is 0 Å². The molecule has 0 N–H and O–H groups in total. The van der Waals surface area contributed by atoms with Crippen LogP contribution >= 0.6 is 0 Å². The van der Waals surface area contributed by atoms with Gasteiger partial charge in [0.25, 0.3) is 0 Å². The second-order valence-electron chi connectivity index (χ2n) is 36.7. The first kappa shape index (κ1) is 75.8. The summed E-state index contributed by atoms with van der Waals surface area (Å²) >= 11 is 0. The molecule has 0 unspecified atom stereocenters. The Hall–Kier alpha value is -15.1. The lowest BCUT2D eigenvalue weighted by Gasteiger charge is -2.19. The zero-order chi connectivity index (χ0) is 85.4. The van der Waals surface area contributed by atoms with Gasteiger partial charge in [-0.2, -0.15) is 0 Å². The predicted molar refractivity (Wildman–Crippen MR) is 528 cm³/mol. The van der Waals surface area contributed by atoms with Crippen LogP contribution in [0.15, 0.2) is 333 Å². The van der Waals surface area contributed by atoms with Gasteiger partial charge in [0, 0.05) is 76.1 Å². The molecular formula is C118H88N4O4. The van der Waals surface area contributed by atoms with Crippen LogP contribution < -0.4 is 0 Å². The summed E-state index contributed by atoms with van der Waals surface area (Å²) in [5, 5.41) is 17.4. The Morgan fingerprint density at radius 3 is 0.944 bits per heavy atom. The highest BCUT2D eigenvalue weighted by molar-refractivity contribution is 6.28. The Balaban J connectivity index is 0.000000145. The van der Waals surface area contributed by atoms with E-state index < -0.39 is 0 Å². The van der Waals surface area contributed by atoms with Crippen LogP contribution in [0.5, 0.6) is 0 Å². The highest BCUT2D eigenvalue weighted by Crippen LogP contribution is 2.49. The predicted octanol–water partition coefficient (Wildman–Crippen LogP) is 33.3. The molecule has 24 rings (SSSR count). The number of benzene rings is 18. The summed E-state index contributed by atoms with van der Waals surface area (Å²) in [7, 11) is 0. The number of nitrogens with zero attached hydrogens (tertiary/aromatic N) is 4. The highest BCUT2D eigenvalue weighted by atomic mass is 16.4. The van der Waals surface area contributed by atoms with Crippen molar-refractivity contribution in [3.63, 3.8) is 0 Å². The van der Waals surface area contributed by atoms with Crippen molar-refractivity contribution in [3.05, 3.63) is 360 Å². The third kappa shape index (κ3) is 12.5. The van der Waals surface area contributed by atoms with Crippen molar-refractivity contribution < 1.29 is 17.7 Å². The minimum absolute atomic E-state index is 0.0781. The Labute approximate surface area is 729 Å². The van der Waals surface area contributed by atoms with Crippen LogP contribution in [0, 0.1) is 41.5 Å². The molecule has 0 aliphatic rings. The van der Waals surface area contributed by atoms with E-state index in [1.807, 2.05) is 48.8 Å². The lowest BCUT2D eigenvalue weighted by atomic mass is 9.86. The van der Waals surface area contributed by atoms with E-state index in [9.17, 15) is 0 Å². The van der Waals surface area contributed by atoms with E-state index >= 15 is 0 Å². The summed E-state index contributed by atoms with van der Waals surface area (Å²) in [5.41, 5.74) is 38.1. The van der Waals surface area contributed by atoms with Gasteiger partial charge in [-0.05, 0) is 236 Å². The van der Waals surface area contributed by atoms with Crippen molar-refractivity contribution >= 4 is 153 Å². The van der Waals surface area contributed by atoms with Gasteiger partial charge < -0.3 is 17.7 Å². The van der Waals surface area contributed by atoms with Crippen LogP contribution in [0.2, 0.25) is 0 Å². The second-order valence-corrected chi connectivity index (χ2v) is 36.7. The normalized spacial score (nSPS) is 12.3. The van der Waals surface area contributed by atoms with Crippen LogP contribution in [0.4, 0.5) is 0 Å². The second kappa shape index (κ2) is 28.7. The molecule has 8 heteroatoms. The summed E-state index contributed by atoms with van der Waals surface area (Å²) < 4.78 is 26.2. The topological polar surface area (TPSA) is 104 Å². The smallest absolute Gasteiger partial charge is 0.147 e. The fourth-order valence-corrected chi connectivity index (χ4v) is 20.3. The Morgan fingerprint density at radius 2 is 0.548 bits per heavy atom. The molecule has 0 aliphatic carbocycles. The van der Waals surface area contributed by atoms with E-state index in [1.54, 1.807) is 0 Å². The van der Waals surface area contributed by atoms with Crippen LogP contribution in [-0.2, 0) is 10.8 Å². The first-order valence-electron chi connectivity index (χ1n) is 43.6. The molecule has 126 heavy (non-hydrogen) atoms. The van der Waals surface area contributed by atoms with Gasteiger partial charge in [-0.3, -0.25) is 9.97 Å². The van der Waals surface area contributed by atoms with Crippen molar-refractivity contribution in [3.8, 4) is 89.3 Å². The Morgan fingerprint density at radius 1 is 0.222 bits per heavy atom. The van der Waals surface area contributed by atoms with Crippen molar-refractivity contribution in [2.45, 2.75) is 93.9 Å². The quantitative estimate of drug-likeness (QED) is 0.139. The lowest BCUT2D eigenvalue weighted by Crippen LogP contribution is -2.10. The lowest BCUT2D eigenvalue weighted by molar-refractivity contribution is 0.590. The van der Waals surface area contributed by atoms with E-state index in [0.717, 1.165) is 198 Å². The molecule has 0 fully saturated rings. The van der Waals surface area contributed by atoms with Gasteiger partial charge in [0.2, 0.25) is 0 Å². The summed E-state index contributed by atoms with van der Waals surface area (Å²) in [5.74, 6) is 0. The molecule has 6 heterocycles. The SMILES string of the molecule is CC(C)(C)c1ccc(-c2ccc3c4ccc(-c5ccc(C(C)(C)C)cc5)cc4c4nc(-c5cccc(-c6cccc7c6oc6c7ccc7oc8ccccc8c76)c5)cnc4c3c2)cc1.Cc1cc(C)c(-c2ccc3c4ccc(-c5c(C)cc(C)cc5C)cc4c4nc(-c5cccc(-c6cccc7c6oc6c7ccc7oc8ccccc8c76)c5)cnc4c3c2)c(C)c1. The number of aromatic nitrogens is 4. The first-order chi connectivity index (χ1) is 61.1. The van der Waals surface area contributed by atoms with Gasteiger partial charge in [-0.25, -0.2) is 9.97 Å². The van der Waals surface area contributed by atoms with Gasteiger partial charge in [-0.1, -0.05) is 283 Å².